The highest BCUT2D eigenvalue weighted by molar-refractivity contribution is 8.00. The number of benzene rings is 2. The lowest BCUT2D eigenvalue weighted by atomic mass is 10.1. The molecule has 3 rings (SSSR count). The first-order valence-corrected chi connectivity index (χ1v) is 9.78. The zero-order valence-corrected chi connectivity index (χ0v) is 16.5. The molecule has 27 heavy (non-hydrogen) atoms. The van der Waals surface area contributed by atoms with Crippen LogP contribution < -0.4 is 0 Å². The number of aromatic nitrogens is 3. The van der Waals surface area contributed by atoms with Crippen LogP contribution >= 0.6 is 23.4 Å². The van der Waals surface area contributed by atoms with Gasteiger partial charge in [-0.1, -0.05) is 59.3 Å². The Kier molecular flexibility index (Phi) is 6.33. The molecule has 3 aromatic rings. The predicted molar refractivity (Wildman–Crippen MR) is 111 cm³/mol. The summed E-state index contributed by atoms with van der Waals surface area (Å²) in [5.41, 5.74) is 3.26. The molecule has 1 heterocycles. The molecular weight excluding hydrogens is 376 g/mol. The van der Waals surface area contributed by atoms with Crippen LogP contribution in [0.5, 0.6) is 0 Å². The molecule has 0 fully saturated rings. The van der Waals surface area contributed by atoms with Crippen LogP contribution in [-0.2, 0) is 13.0 Å². The van der Waals surface area contributed by atoms with Gasteiger partial charge in [0.2, 0.25) is 0 Å². The second-order valence-electron chi connectivity index (χ2n) is 6.14. The summed E-state index contributed by atoms with van der Waals surface area (Å²) in [7, 11) is 0. The Morgan fingerprint density at radius 1 is 1.19 bits per heavy atom. The molecule has 0 radical (unpaired) electrons. The van der Waals surface area contributed by atoms with Crippen LogP contribution in [0.15, 0.2) is 66.3 Å². The van der Waals surface area contributed by atoms with E-state index in [1.165, 1.54) is 17.3 Å². The number of thioether (sulfide) groups is 1. The number of nitriles is 1. The quantitative estimate of drug-likeness (QED) is 0.402. The lowest BCUT2D eigenvalue weighted by molar-refractivity contribution is 0.729. The zero-order valence-electron chi connectivity index (χ0n) is 15.0. The molecule has 0 spiro atoms. The molecule has 0 bridgehead atoms. The van der Waals surface area contributed by atoms with Gasteiger partial charge in [0.15, 0.2) is 11.0 Å². The van der Waals surface area contributed by atoms with Crippen LogP contribution in [0, 0.1) is 18.3 Å². The van der Waals surface area contributed by atoms with E-state index in [-0.39, 0.29) is 5.25 Å². The summed E-state index contributed by atoms with van der Waals surface area (Å²) < 4.78 is 1.97. The second kappa shape index (κ2) is 8.90. The maximum Gasteiger partial charge on any atom is 0.193 e. The minimum atomic E-state index is -0.251. The number of aryl methyl sites for hydroxylation is 1. The van der Waals surface area contributed by atoms with E-state index in [2.05, 4.69) is 54.0 Å². The normalized spacial score (nSPS) is 11.7. The Hall–Kier alpha value is -2.55. The summed E-state index contributed by atoms with van der Waals surface area (Å²) in [6.07, 6.45) is 2.45. The first-order chi connectivity index (χ1) is 13.1. The summed E-state index contributed by atoms with van der Waals surface area (Å²) in [4.78, 5) is 0. The minimum Gasteiger partial charge on any atom is -0.298 e. The third-order valence-electron chi connectivity index (χ3n) is 4.06. The minimum absolute atomic E-state index is 0.251. The van der Waals surface area contributed by atoms with Crippen molar-refractivity contribution in [2.24, 2.45) is 0 Å². The topological polar surface area (TPSA) is 54.5 Å². The highest BCUT2D eigenvalue weighted by Gasteiger charge is 2.18. The third-order valence-corrected chi connectivity index (χ3v) is 5.39. The summed E-state index contributed by atoms with van der Waals surface area (Å²) >= 11 is 7.41. The highest BCUT2D eigenvalue weighted by Crippen LogP contribution is 2.29. The SMILES string of the molecule is C=CCn1c(S[C@H](C#N)Cc2ccc(C)cc2)nnc1-c1ccc(Cl)cc1. The monoisotopic (exact) mass is 394 g/mol. The molecule has 1 atom stereocenters. The Balaban J connectivity index is 1.84. The summed E-state index contributed by atoms with van der Waals surface area (Å²) in [6.45, 7) is 6.45. The fourth-order valence-electron chi connectivity index (χ4n) is 2.66. The summed E-state index contributed by atoms with van der Waals surface area (Å²) in [5.74, 6) is 0.737. The fourth-order valence-corrected chi connectivity index (χ4v) is 3.75. The molecule has 0 aliphatic rings. The van der Waals surface area contributed by atoms with Gasteiger partial charge >= 0.3 is 0 Å². The zero-order chi connectivity index (χ0) is 19.2. The Bertz CT molecular complexity index is 955. The molecule has 136 valence electrons. The molecule has 0 saturated heterocycles. The smallest absolute Gasteiger partial charge is 0.193 e. The number of rotatable bonds is 7. The van der Waals surface area contributed by atoms with Crippen LogP contribution in [0.25, 0.3) is 11.4 Å². The maximum absolute atomic E-state index is 9.62. The van der Waals surface area contributed by atoms with E-state index in [1.54, 1.807) is 6.08 Å². The van der Waals surface area contributed by atoms with E-state index in [0.29, 0.717) is 23.1 Å². The van der Waals surface area contributed by atoms with Crippen LogP contribution in [0.2, 0.25) is 5.02 Å². The third kappa shape index (κ3) is 4.79. The van der Waals surface area contributed by atoms with Gasteiger partial charge in [0.05, 0.1) is 6.07 Å². The van der Waals surface area contributed by atoms with Gasteiger partial charge in [-0.05, 0) is 43.2 Å². The highest BCUT2D eigenvalue weighted by atomic mass is 35.5. The number of hydrogen-bond acceptors (Lipinski definition) is 4. The van der Waals surface area contributed by atoms with Crippen molar-refractivity contribution in [3.63, 3.8) is 0 Å². The number of allylic oxidation sites excluding steroid dienone is 1. The van der Waals surface area contributed by atoms with Crippen LogP contribution in [-0.4, -0.2) is 20.0 Å². The van der Waals surface area contributed by atoms with Crippen molar-refractivity contribution in [2.75, 3.05) is 0 Å². The first-order valence-electron chi connectivity index (χ1n) is 8.52. The Labute approximate surface area is 168 Å². The van der Waals surface area contributed by atoms with Gasteiger partial charge in [-0.15, -0.1) is 16.8 Å². The largest absolute Gasteiger partial charge is 0.298 e. The average molecular weight is 395 g/mol. The van der Waals surface area contributed by atoms with E-state index in [1.807, 2.05) is 28.8 Å². The van der Waals surface area contributed by atoms with E-state index < -0.39 is 0 Å². The molecule has 2 aromatic carbocycles. The molecule has 1 aromatic heterocycles. The molecule has 0 unspecified atom stereocenters. The van der Waals surface area contributed by atoms with Crippen molar-refractivity contribution in [1.82, 2.24) is 14.8 Å². The molecule has 0 N–H and O–H groups in total. The molecule has 4 nitrogen and oxygen atoms in total. The lowest BCUT2D eigenvalue weighted by Crippen LogP contribution is -2.07. The number of halogens is 1. The van der Waals surface area contributed by atoms with Crippen molar-refractivity contribution >= 4 is 23.4 Å². The number of hydrogen-bond donors (Lipinski definition) is 0. The molecule has 6 heteroatoms. The van der Waals surface area contributed by atoms with E-state index in [9.17, 15) is 5.26 Å². The molecule has 0 amide bonds. The average Bonchev–Trinajstić information content (AvgIpc) is 3.06. The standard InChI is InChI=1S/C21H19ClN4S/c1-3-12-26-20(17-8-10-18(22)11-9-17)24-25-21(26)27-19(14-23)13-16-6-4-15(2)5-7-16/h3-11,19H,1,12-13H2,2H3/t19-/m0/s1. The van der Waals surface area contributed by atoms with Crippen molar-refractivity contribution in [1.29, 1.82) is 5.26 Å². The molecule has 0 aliphatic carbocycles. The van der Waals surface area contributed by atoms with Crippen molar-refractivity contribution < 1.29 is 0 Å². The van der Waals surface area contributed by atoms with Crippen molar-refractivity contribution in [3.05, 3.63) is 77.3 Å². The maximum atomic E-state index is 9.62. The molecule has 0 aliphatic heterocycles. The van der Waals surface area contributed by atoms with Gasteiger partial charge in [0.1, 0.15) is 5.25 Å². The van der Waals surface area contributed by atoms with Gasteiger partial charge in [0.25, 0.3) is 0 Å². The second-order valence-corrected chi connectivity index (χ2v) is 7.74. The van der Waals surface area contributed by atoms with Crippen molar-refractivity contribution in [3.8, 4) is 17.5 Å². The van der Waals surface area contributed by atoms with Gasteiger partial charge in [0, 0.05) is 17.1 Å². The Morgan fingerprint density at radius 3 is 2.52 bits per heavy atom. The first kappa shape index (κ1) is 19.2. The van der Waals surface area contributed by atoms with E-state index in [4.69, 9.17) is 11.6 Å². The van der Waals surface area contributed by atoms with Crippen LogP contribution in [0.3, 0.4) is 0 Å². The van der Waals surface area contributed by atoms with Gasteiger partial charge in [-0.25, -0.2) is 0 Å². The lowest BCUT2D eigenvalue weighted by Gasteiger charge is -2.11. The summed E-state index contributed by atoms with van der Waals surface area (Å²) in [5, 5.41) is 19.4. The molecule has 0 saturated carbocycles. The number of nitrogens with zero attached hydrogens (tertiary/aromatic N) is 4. The molecular formula is C21H19ClN4S. The van der Waals surface area contributed by atoms with Gasteiger partial charge < -0.3 is 0 Å². The summed E-state index contributed by atoms with van der Waals surface area (Å²) in [6, 6.07) is 18.1. The van der Waals surface area contributed by atoms with Crippen LogP contribution in [0.4, 0.5) is 0 Å². The van der Waals surface area contributed by atoms with Crippen molar-refractivity contribution in [2.45, 2.75) is 30.3 Å². The Morgan fingerprint density at radius 2 is 1.89 bits per heavy atom. The predicted octanol–water partition coefficient (Wildman–Crippen LogP) is 5.32. The van der Waals surface area contributed by atoms with E-state index in [0.717, 1.165) is 17.0 Å². The van der Waals surface area contributed by atoms with Crippen LogP contribution in [0.1, 0.15) is 11.1 Å². The van der Waals surface area contributed by atoms with E-state index >= 15 is 0 Å². The fraction of sp³-hybridized carbons (Fsp3) is 0.190. The van der Waals surface area contributed by atoms with Gasteiger partial charge in [-0.2, -0.15) is 5.26 Å². The van der Waals surface area contributed by atoms with Gasteiger partial charge in [-0.3, -0.25) is 4.57 Å².